The maximum Gasteiger partial charge on any atom is 0.229 e. The first-order valence-electron chi connectivity index (χ1n) is 12.4. The number of anilines is 4. The lowest BCUT2D eigenvalue weighted by atomic mass is 10.1. The summed E-state index contributed by atoms with van der Waals surface area (Å²) < 4.78 is 11.3. The molecule has 2 aliphatic heterocycles. The Labute approximate surface area is 208 Å². The first-order chi connectivity index (χ1) is 17.7. The maximum absolute atomic E-state index is 5.79. The van der Waals surface area contributed by atoms with Crippen LogP contribution in [0.15, 0.2) is 47.1 Å². The summed E-state index contributed by atoms with van der Waals surface area (Å²) in [5, 5.41) is 18.4. The van der Waals surface area contributed by atoms with Gasteiger partial charge in [-0.05, 0) is 44.7 Å². The highest BCUT2D eigenvalue weighted by molar-refractivity contribution is 5.60. The number of nitrogens with zero attached hydrogens (tertiary/aromatic N) is 6. The minimum absolute atomic E-state index is 0.00577. The van der Waals surface area contributed by atoms with Crippen LogP contribution in [0.4, 0.5) is 23.4 Å². The minimum atomic E-state index is -0.00577. The van der Waals surface area contributed by atoms with E-state index in [0.29, 0.717) is 23.6 Å². The molecule has 0 amide bonds. The van der Waals surface area contributed by atoms with Crippen LogP contribution < -0.4 is 15.5 Å². The van der Waals surface area contributed by atoms with E-state index in [2.05, 4.69) is 35.9 Å². The second-order valence-corrected chi connectivity index (χ2v) is 9.21. The number of nitrogens with one attached hydrogen (secondary N) is 3. The van der Waals surface area contributed by atoms with Gasteiger partial charge in [0.1, 0.15) is 17.3 Å². The molecule has 2 saturated heterocycles. The number of hydrogen-bond donors (Lipinski definition) is 3. The standard InChI is InChI=1S/C25H29N9O2/c1-16-13-24(32-31-16)28-23-15-22(27-17-7-11-35-12-8-17)29-25(30-23)34-10-4-6-20(34)21-14-19(33-36-21)18-5-2-3-9-26-18/h2-3,5,9,13-15,17,20H,4,6-8,10-12H2,1H3,(H3,27,28,29,30,31,32). The highest BCUT2D eigenvalue weighted by Gasteiger charge is 2.32. The van der Waals surface area contributed by atoms with Gasteiger partial charge in [-0.1, -0.05) is 11.2 Å². The predicted molar refractivity (Wildman–Crippen MR) is 135 cm³/mol. The average molecular weight is 488 g/mol. The first kappa shape index (κ1) is 22.5. The number of aromatic nitrogens is 6. The Balaban J connectivity index is 1.30. The molecule has 11 nitrogen and oxygen atoms in total. The SMILES string of the molecule is Cc1cc(Nc2cc(NC3CCOCC3)nc(N3CCCC3c3cc(-c4ccccn4)no3)n2)n[nH]1. The van der Waals surface area contributed by atoms with Crippen LogP contribution in [0.1, 0.15) is 43.2 Å². The highest BCUT2D eigenvalue weighted by atomic mass is 16.5. The molecule has 0 aromatic carbocycles. The molecule has 4 aromatic rings. The zero-order valence-electron chi connectivity index (χ0n) is 20.1. The maximum atomic E-state index is 5.79. The Hall–Kier alpha value is -3.99. The minimum Gasteiger partial charge on any atom is -0.381 e. The second kappa shape index (κ2) is 9.94. The normalized spacial score (nSPS) is 18.5. The van der Waals surface area contributed by atoms with Gasteiger partial charge in [-0.25, -0.2) is 0 Å². The van der Waals surface area contributed by atoms with Gasteiger partial charge in [0.25, 0.3) is 0 Å². The Morgan fingerprint density at radius 2 is 1.89 bits per heavy atom. The van der Waals surface area contributed by atoms with Crippen LogP contribution in [0.25, 0.3) is 11.4 Å². The van der Waals surface area contributed by atoms with Crippen molar-refractivity contribution in [1.82, 2.24) is 30.3 Å². The van der Waals surface area contributed by atoms with Gasteiger partial charge in [0.2, 0.25) is 5.95 Å². The summed E-state index contributed by atoms with van der Waals surface area (Å²) in [5.74, 6) is 3.59. The molecule has 1 unspecified atom stereocenters. The molecule has 2 aliphatic rings. The molecular weight excluding hydrogens is 458 g/mol. The summed E-state index contributed by atoms with van der Waals surface area (Å²) >= 11 is 0. The fourth-order valence-electron chi connectivity index (χ4n) is 4.75. The third-order valence-electron chi connectivity index (χ3n) is 6.54. The van der Waals surface area contributed by atoms with Crippen molar-refractivity contribution >= 4 is 23.4 Å². The summed E-state index contributed by atoms with van der Waals surface area (Å²) in [6.45, 7) is 4.30. The molecule has 36 heavy (non-hydrogen) atoms. The van der Waals surface area contributed by atoms with Crippen LogP contribution in [-0.2, 0) is 4.74 Å². The van der Waals surface area contributed by atoms with Crippen LogP contribution in [0.3, 0.4) is 0 Å². The molecule has 6 rings (SSSR count). The van der Waals surface area contributed by atoms with Crippen LogP contribution in [-0.4, -0.2) is 56.1 Å². The van der Waals surface area contributed by atoms with Gasteiger partial charge in [0, 0.05) is 55.9 Å². The molecule has 0 spiro atoms. The van der Waals surface area contributed by atoms with Gasteiger partial charge in [-0.15, -0.1) is 0 Å². The van der Waals surface area contributed by atoms with Gasteiger partial charge < -0.3 is 24.8 Å². The summed E-state index contributed by atoms with van der Waals surface area (Å²) in [7, 11) is 0. The van der Waals surface area contributed by atoms with Crippen LogP contribution >= 0.6 is 0 Å². The summed E-state index contributed by atoms with van der Waals surface area (Å²) in [5.41, 5.74) is 2.49. The zero-order valence-corrected chi connectivity index (χ0v) is 20.1. The number of aromatic amines is 1. The molecule has 11 heteroatoms. The Morgan fingerprint density at radius 1 is 1.00 bits per heavy atom. The van der Waals surface area contributed by atoms with E-state index >= 15 is 0 Å². The van der Waals surface area contributed by atoms with Crippen molar-refractivity contribution in [3.8, 4) is 11.4 Å². The predicted octanol–water partition coefficient (Wildman–Crippen LogP) is 4.23. The van der Waals surface area contributed by atoms with Crippen molar-refractivity contribution in [3.63, 3.8) is 0 Å². The topological polar surface area (TPSA) is 130 Å². The van der Waals surface area contributed by atoms with Gasteiger partial charge in [0.05, 0.1) is 11.7 Å². The number of aryl methyl sites for hydroxylation is 1. The van der Waals surface area contributed by atoms with Crippen LogP contribution in [0.2, 0.25) is 0 Å². The Kier molecular flexibility index (Phi) is 6.20. The van der Waals surface area contributed by atoms with Crippen molar-refractivity contribution in [2.75, 3.05) is 35.3 Å². The Morgan fingerprint density at radius 3 is 2.69 bits per heavy atom. The van der Waals surface area contributed by atoms with Gasteiger partial charge in [-0.3, -0.25) is 10.1 Å². The Bertz CT molecular complexity index is 1300. The van der Waals surface area contributed by atoms with Crippen LogP contribution in [0, 0.1) is 6.92 Å². The van der Waals surface area contributed by atoms with Crippen molar-refractivity contribution in [3.05, 3.63) is 54.0 Å². The largest absolute Gasteiger partial charge is 0.381 e. The second-order valence-electron chi connectivity index (χ2n) is 9.21. The molecule has 0 aliphatic carbocycles. The fraction of sp³-hybridized carbons (Fsp3) is 0.400. The van der Waals surface area contributed by atoms with Crippen molar-refractivity contribution < 1.29 is 9.26 Å². The number of ether oxygens (including phenoxy) is 1. The van der Waals surface area contributed by atoms with E-state index in [1.54, 1.807) is 6.20 Å². The van der Waals surface area contributed by atoms with Crippen molar-refractivity contribution in [1.29, 1.82) is 0 Å². The molecule has 1 atom stereocenters. The molecule has 0 saturated carbocycles. The quantitative estimate of drug-likeness (QED) is 0.348. The molecule has 0 bridgehead atoms. The van der Waals surface area contributed by atoms with E-state index in [1.807, 2.05) is 43.3 Å². The third kappa shape index (κ3) is 4.87. The monoisotopic (exact) mass is 487 g/mol. The lowest BCUT2D eigenvalue weighted by Gasteiger charge is -2.26. The first-order valence-corrected chi connectivity index (χ1v) is 12.4. The number of H-pyrrole nitrogens is 1. The molecule has 2 fully saturated rings. The van der Waals surface area contributed by atoms with E-state index in [0.717, 1.165) is 74.1 Å². The van der Waals surface area contributed by atoms with Crippen molar-refractivity contribution in [2.24, 2.45) is 0 Å². The average Bonchev–Trinajstić information content (AvgIpc) is 3.66. The molecular formula is C25H29N9O2. The zero-order chi connectivity index (χ0) is 24.3. The number of pyridine rings is 1. The van der Waals surface area contributed by atoms with Gasteiger partial charge in [-0.2, -0.15) is 15.1 Å². The highest BCUT2D eigenvalue weighted by Crippen LogP contribution is 2.37. The van der Waals surface area contributed by atoms with Gasteiger partial charge in [0.15, 0.2) is 11.6 Å². The van der Waals surface area contributed by atoms with E-state index < -0.39 is 0 Å². The summed E-state index contributed by atoms with van der Waals surface area (Å²) in [4.78, 5) is 16.4. The lowest BCUT2D eigenvalue weighted by molar-refractivity contribution is 0.0904. The van der Waals surface area contributed by atoms with Crippen LogP contribution in [0.5, 0.6) is 0 Å². The van der Waals surface area contributed by atoms with E-state index in [1.165, 1.54) is 0 Å². The smallest absolute Gasteiger partial charge is 0.229 e. The lowest BCUT2D eigenvalue weighted by Crippen LogP contribution is -2.29. The summed E-state index contributed by atoms with van der Waals surface area (Å²) in [6.07, 6.45) is 5.58. The third-order valence-corrected chi connectivity index (χ3v) is 6.54. The number of rotatable bonds is 7. The molecule has 4 aromatic heterocycles. The van der Waals surface area contributed by atoms with Gasteiger partial charge >= 0.3 is 0 Å². The van der Waals surface area contributed by atoms with E-state index in [9.17, 15) is 0 Å². The molecule has 0 radical (unpaired) electrons. The van der Waals surface area contributed by atoms with E-state index in [4.69, 9.17) is 19.2 Å². The fourth-order valence-corrected chi connectivity index (χ4v) is 4.75. The van der Waals surface area contributed by atoms with Crippen molar-refractivity contribution in [2.45, 2.75) is 44.7 Å². The summed E-state index contributed by atoms with van der Waals surface area (Å²) in [6, 6.07) is 11.9. The molecule has 3 N–H and O–H groups in total. The molecule has 6 heterocycles. The molecule has 186 valence electrons. The number of hydrogen-bond acceptors (Lipinski definition) is 10. The van der Waals surface area contributed by atoms with E-state index in [-0.39, 0.29) is 6.04 Å².